The molecule has 2 N–H and O–H groups in total. The van der Waals surface area contributed by atoms with Crippen LogP contribution in [0, 0.1) is 0 Å². The van der Waals surface area contributed by atoms with E-state index >= 15 is 0 Å². The summed E-state index contributed by atoms with van der Waals surface area (Å²) in [4.78, 5) is 0. The molecular weight excluding hydrogens is 224 g/mol. The maximum atomic E-state index is 13.2. The molecule has 0 heterocycles. The molecule has 17 heavy (non-hydrogen) atoms. The highest BCUT2D eigenvalue weighted by Crippen LogP contribution is 2.44. The van der Waals surface area contributed by atoms with E-state index < -0.39 is 11.5 Å². The first-order valence-corrected chi connectivity index (χ1v) is 5.77. The first kappa shape index (κ1) is 12.3. The summed E-state index contributed by atoms with van der Waals surface area (Å²) in [5, 5.41) is 0. The van der Waals surface area contributed by atoms with E-state index in [9.17, 15) is 8.78 Å². The van der Waals surface area contributed by atoms with Crippen LogP contribution in [0.3, 0.4) is 0 Å². The van der Waals surface area contributed by atoms with Gasteiger partial charge in [0.05, 0.1) is 7.11 Å². The fraction of sp³-hybridized carbons (Fsp3) is 0.538. The molecule has 1 aromatic rings. The quantitative estimate of drug-likeness (QED) is 0.863. The molecule has 0 atom stereocenters. The van der Waals surface area contributed by atoms with Crippen LogP contribution in [-0.2, 0) is 5.54 Å². The third-order valence-corrected chi connectivity index (χ3v) is 3.52. The third kappa shape index (κ3) is 2.41. The number of para-hydroxylation sites is 1. The molecule has 0 bridgehead atoms. The second kappa shape index (κ2) is 4.26. The predicted octanol–water partition coefficient (Wildman–Crippen LogP) is 3.06. The SMILES string of the molecule is COc1ccccc1C1(N)CCC(F)(F)CC1. The summed E-state index contributed by atoms with van der Waals surface area (Å²) in [6.07, 6.45) is 0.282. The van der Waals surface area contributed by atoms with Gasteiger partial charge in [-0.1, -0.05) is 18.2 Å². The lowest BCUT2D eigenvalue weighted by molar-refractivity contribution is -0.0516. The van der Waals surface area contributed by atoms with Gasteiger partial charge in [0.1, 0.15) is 5.75 Å². The van der Waals surface area contributed by atoms with Gasteiger partial charge in [-0.05, 0) is 18.9 Å². The molecule has 1 aliphatic carbocycles. The summed E-state index contributed by atoms with van der Waals surface area (Å²) >= 11 is 0. The van der Waals surface area contributed by atoms with Gasteiger partial charge in [0.2, 0.25) is 5.92 Å². The van der Waals surface area contributed by atoms with Crippen LogP contribution in [0.25, 0.3) is 0 Å². The molecule has 0 saturated heterocycles. The molecule has 0 unspecified atom stereocenters. The molecular formula is C13H17F2NO. The zero-order valence-corrected chi connectivity index (χ0v) is 9.88. The summed E-state index contributed by atoms with van der Waals surface area (Å²) in [6, 6.07) is 7.39. The Hall–Kier alpha value is -1.16. The van der Waals surface area contributed by atoms with Crippen molar-refractivity contribution in [1.82, 2.24) is 0 Å². The molecule has 0 spiro atoms. The standard InChI is InChI=1S/C13H17F2NO/c1-17-11-5-3-2-4-10(11)12(16)6-8-13(14,15)9-7-12/h2-5H,6-9,16H2,1H3. The minimum absolute atomic E-state index is 0.151. The lowest BCUT2D eigenvalue weighted by atomic mass is 9.76. The van der Waals surface area contributed by atoms with Crippen LogP contribution in [0.2, 0.25) is 0 Å². The van der Waals surface area contributed by atoms with E-state index in [1.54, 1.807) is 7.11 Å². The monoisotopic (exact) mass is 241 g/mol. The number of nitrogens with two attached hydrogens (primary N) is 1. The van der Waals surface area contributed by atoms with E-state index in [0.717, 1.165) is 5.56 Å². The topological polar surface area (TPSA) is 35.2 Å². The number of benzene rings is 1. The summed E-state index contributed by atoms with van der Waals surface area (Å²) in [6.45, 7) is 0. The lowest BCUT2D eigenvalue weighted by Gasteiger charge is -2.38. The Kier molecular flexibility index (Phi) is 3.08. The number of rotatable bonds is 2. The Morgan fingerprint density at radius 2 is 1.71 bits per heavy atom. The van der Waals surface area contributed by atoms with Crippen LogP contribution < -0.4 is 10.5 Å². The molecule has 2 rings (SSSR count). The van der Waals surface area contributed by atoms with Crippen molar-refractivity contribution in [3.05, 3.63) is 29.8 Å². The molecule has 1 aliphatic rings. The Morgan fingerprint density at radius 3 is 2.29 bits per heavy atom. The molecule has 2 nitrogen and oxygen atoms in total. The first-order chi connectivity index (χ1) is 7.97. The van der Waals surface area contributed by atoms with Gasteiger partial charge in [0, 0.05) is 23.9 Å². The zero-order valence-electron chi connectivity index (χ0n) is 9.88. The molecule has 0 aliphatic heterocycles. The molecule has 1 aromatic carbocycles. The van der Waals surface area contributed by atoms with E-state index in [1.807, 2.05) is 24.3 Å². The minimum atomic E-state index is -2.56. The number of hydrogen-bond donors (Lipinski definition) is 1. The number of methoxy groups -OCH3 is 1. The van der Waals surface area contributed by atoms with Crippen LogP contribution >= 0.6 is 0 Å². The first-order valence-electron chi connectivity index (χ1n) is 5.77. The van der Waals surface area contributed by atoms with Crippen molar-refractivity contribution in [2.75, 3.05) is 7.11 Å². The van der Waals surface area contributed by atoms with Crippen LogP contribution in [0.5, 0.6) is 5.75 Å². The van der Waals surface area contributed by atoms with Crippen LogP contribution in [0.4, 0.5) is 8.78 Å². The van der Waals surface area contributed by atoms with Gasteiger partial charge in [-0.2, -0.15) is 0 Å². The summed E-state index contributed by atoms with van der Waals surface area (Å²) in [5.74, 6) is -1.88. The van der Waals surface area contributed by atoms with Gasteiger partial charge in [-0.3, -0.25) is 0 Å². The maximum Gasteiger partial charge on any atom is 0.248 e. The zero-order chi connectivity index (χ0) is 12.5. The molecule has 0 amide bonds. The smallest absolute Gasteiger partial charge is 0.248 e. The van der Waals surface area contributed by atoms with Gasteiger partial charge in [-0.15, -0.1) is 0 Å². The van der Waals surface area contributed by atoms with Crippen molar-refractivity contribution in [2.24, 2.45) is 5.73 Å². The second-order valence-electron chi connectivity index (χ2n) is 4.71. The van der Waals surface area contributed by atoms with Crippen molar-refractivity contribution in [3.63, 3.8) is 0 Å². The van der Waals surface area contributed by atoms with Gasteiger partial charge in [0.15, 0.2) is 0 Å². The Labute approximate surface area is 99.8 Å². The Balaban J connectivity index is 2.27. The Morgan fingerprint density at radius 1 is 1.12 bits per heavy atom. The normalized spacial score (nSPS) is 22.1. The number of hydrogen-bond acceptors (Lipinski definition) is 2. The fourth-order valence-corrected chi connectivity index (χ4v) is 2.39. The van der Waals surface area contributed by atoms with Crippen LogP contribution in [-0.4, -0.2) is 13.0 Å². The van der Waals surface area contributed by atoms with Crippen molar-refractivity contribution >= 4 is 0 Å². The summed E-state index contributed by atoms with van der Waals surface area (Å²) in [7, 11) is 1.57. The van der Waals surface area contributed by atoms with Crippen molar-refractivity contribution in [2.45, 2.75) is 37.1 Å². The van der Waals surface area contributed by atoms with Crippen LogP contribution in [0.1, 0.15) is 31.2 Å². The molecule has 94 valence electrons. The molecule has 4 heteroatoms. The van der Waals surface area contributed by atoms with Gasteiger partial charge in [-0.25, -0.2) is 8.78 Å². The summed E-state index contributed by atoms with van der Waals surface area (Å²) in [5.41, 5.74) is 6.41. The van der Waals surface area contributed by atoms with Crippen molar-refractivity contribution in [3.8, 4) is 5.75 Å². The third-order valence-electron chi connectivity index (χ3n) is 3.52. The predicted molar refractivity (Wildman–Crippen MR) is 62.3 cm³/mol. The number of halogens is 2. The second-order valence-corrected chi connectivity index (χ2v) is 4.71. The molecule has 1 saturated carbocycles. The maximum absolute atomic E-state index is 13.2. The van der Waals surface area contributed by atoms with Crippen molar-refractivity contribution < 1.29 is 13.5 Å². The minimum Gasteiger partial charge on any atom is -0.496 e. The average molecular weight is 241 g/mol. The largest absolute Gasteiger partial charge is 0.496 e. The summed E-state index contributed by atoms with van der Waals surface area (Å²) < 4.78 is 31.6. The van der Waals surface area contributed by atoms with Crippen LogP contribution in [0.15, 0.2) is 24.3 Å². The average Bonchev–Trinajstić information content (AvgIpc) is 2.33. The highest BCUT2D eigenvalue weighted by molar-refractivity contribution is 5.39. The number of ether oxygens (including phenoxy) is 1. The van der Waals surface area contributed by atoms with E-state index in [0.29, 0.717) is 18.6 Å². The van der Waals surface area contributed by atoms with Gasteiger partial charge < -0.3 is 10.5 Å². The van der Waals surface area contributed by atoms with E-state index in [-0.39, 0.29) is 12.8 Å². The Bertz CT molecular complexity index is 396. The van der Waals surface area contributed by atoms with Gasteiger partial charge >= 0.3 is 0 Å². The highest BCUT2D eigenvalue weighted by Gasteiger charge is 2.43. The van der Waals surface area contributed by atoms with Crippen molar-refractivity contribution in [1.29, 1.82) is 0 Å². The molecule has 1 fully saturated rings. The van der Waals surface area contributed by atoms with E-state index in [4.69, 9.17) is 10.5 Å². The van der Waals surface area contributed by atoms with E-state index in [2.05, 4.69) is 0 Å². The lowest BCUT2D eigenvalue weighted by Crippen LogP contribution is -2.43. The van der Waals surface area contributed by atoms with E-state index in [1.165, 1.54) is 0 Å². The highest BCUT2D eigenvalue weighted by atomic mass is 19.3. The fourth-order valence-electron chi connectivity index (χ4n) is 2.39. The molecule has 0 radical (unpaired) electrons. The van der Waals surface area contributed by atoms with Gasteiger partial charge in [0.25, 0.3) is 0 Å². The molecule has 0 aromatic heterocycles. The number of alkyl halides is 2.